The van der Waals surface area contributed by atoms with Gasteiger partial charge in [-0.1, -0.05) is 32.8 Å². The molecule has 0 aliphatic heterocycles. The van der Waals surface area contributed by atoms with Gasteiger partial charge in [0.15, 0.2) is 0 Å². The standard InChI is InChI=1S/C16H22N2S2/c1-11(2)15-14(10-17-12-6-3-4-7-12)20-16(18-15)13-8-5-9-19-13/h5,8-9,11-12,17H,3-4,6-7,10H2,1-2H3. The highest BCUT2D eigenvalue weighted by molar-refractivity contribution is 7.21. The molecule has 0 radical (unpaired) electrons. The molecule has 1 saturated carbocycles. The summed E-state index contributed by atoms with van der Waals surface area (Å²) >= 11 is 3.65. The van der Waals surface area contributed by atoms with Crippen molar-refractivity contribution in [3.8, 4) is 9.88 Å². The first-order valence-electron chi connectivity index (χ1n) is 7.51. The maximum atomic E-state index is 4.89. The molecule has 0 bridgehead atoms. The lowest BCUT2D eigenvalue weighted by atomic mass is 10.1. The van der Waals surface area contributed by atoms with Crippen molar-refractivity contribution in [3.05, 3.63) is 28.1 Å². The Bertz CT molecular complexity index is 537. The zero-order valence-electron chi connectivity index (χ0n) is 12.2. The summed E-state index contributed by atoms with van der Waals surface area (Å²) in [6, 6.07) is 5.00. The highest BCUT2D eigenvalue weighted by atomic mass is 32.1. The summed E-state index contributed by atoms with van der Waals surface area (Å²) in [5.74, 6) is 0.500. The molecule has 2 nitrogen and oxygen atoms in total. The highest BCUT2D eigenvalue weighted by Crippen LogP contribution is 2.34. The average molecular weight is 307 g/mol. The van der Waals surface area contributed by atoms with Gasteiger partial charge in [-0.2, -0.15) is 0 Å². The van der Waals surface area contributed by atoms with Gasteiger partial charge in [0.25, 0.3) is 0 Å². The molecule has 0 saturated heterocycles. The van der Waals surface area contributed by atoms with Gasteiger partial charge in [-0.15, -0.1) is 22.7 Å². The molecular weight excluding hydrogens is 284 g/mol. The van der Waals surface area contributed by atoms with E-state index >= 15 is 0 Å². The van der Waals surface area contributed by atoms with E-state index in [2.05, 4.69) is 36.7 Å². The molecule has 1 fully saturated rings. The molecule has 2 aromatic heterocycles. The van der Waals surface area contributed by atoms with Gasteiger partial charge in [-0.25, -0.2) is 4.98 Å². The highest BCUT2D eigenvalue weighted by Gasteiger charge is 2.18. The maximum Gasteiger partial charge on any atom is 0.133 e. The van der Waals surface area contributed by atoms with E-state index in [9.17, 15) is 0 Å². The van der Waals surface area contributed by atoms with Crippen molar-refractivity contribution >= 4 is 22.7 Å². The quantitative estimate of drug-likeness (QED) is 0.838. The first-order chi connectivity index (χ1) is 9.74. The van der Waals surface area contributed by atoms with E-state index in [4.69, 9.17) is 4.98 Å². The van der Waals surface area contributed by atoms with E-state index in [1.165, 1.54) is 46.1 Å². The molecular formula is C16H22N2S2. The lowest BCUT2D eigenvalue weighted by Gasteiger charge is -2.12. The number of hydrogen-bond donors (Lipinski definition) is 1. The summed E-state index contributed by atoms with van der Waals surface area (Å²) in [5, 5.41) is 7.04. The van der Waals surface area contributed by atoms with Gasteiger partial charge < -0.3 is 5.32 Å². The molecule has 3 rings (SSSR count). The van der Waals surface area contributed by atoms with Crippen LogP contribution in [0.15, 0.2) is 17.5 Å². The first-order valence-corrected chi connectivity index (χ1v) is 9.20. The van der Waals surface area contributed by atoms with Crippen LogP contribution in [-0.4, -0.2) is 11.0 Å². The van der Waals surface area contributed by atoms with E-state index in [1.54, 1.807) is 11.3 Å². The fourth-order valence-corrected chi connectivity index (χ4v) is 4.78. The third-order valence-corrected chi connectivity index (χ3v) is 6.02. The number of thiophene rings is 1. The number of thiazole rings is 1. The fourth-order valence-electron chi connectivity index (χ4n) is 2.81. The summed E-state index contributed by atoms with van der Waals surface area (Å²) in [5.41, 5.74) is 1.28. The van der Waals surface area contributed by atoms with Crippen LogP contribution < -0.4 is 5.32 Å². The van der Waals surface area contributed by atoms with E-state index < -0.39 is 0 Å². The number of hydrogen-bond acceptors (Lipinski definition) is 4. The average Bonchev–Trinajstić information content (AvgIpc) is 3.17. The minimum atomic E-state index is 0.500. The predicted octanol–water partition coefficient (Wildman–Crippen LogP) is 5.03. The smallest absolute Gasteiger partial charge is 0.133 e. The van der Waals surface area contributed by atoms with Crippen LogP contribution in [0.4, 0.5) is 0 Å². The number of rotatable bonds is 5. The van der Waals surface area contributed by atoms with Crippen LogP contribution in [-0.2, 0) is 6.54 Å². The summed E-state index contributed by atoms with van der Waals surface area (Å²) < 4.78 is 0. The molecule has 0 aromatic carbocycles. The third kappa shape index (κ3) is 3.13. The Labute approximate surface area is 129 Å². The topological polar surface area (TPSA) is 24.9 Å². The second-order valence-electron chi connectivity index (χ2n) is 5.82. The monoisotopic (exact) mass is 306 g/mol. The first kappa shape index (κ1) is 14.2. The van der Waals surface area contributed by atoms with Gasteiger partial charge in [0.2, 0.25) is 0 Å². The molecule has 1 aliphatic rings. The maximum absolute atomic E-state index is 4.89. The zero-order valence-corrected chi connectivity index (χ0v) is 13.8. The molecule has 2 heterocycles. The number of aromatic nitrogens is 1. The van der Waals surface area contributed by atoms with Crippen LogP contribution in [0.3, 0.4) is 0 Å². The van der Waals surface area contributed by atoms with E-state index in [0.29, 0.717) is 5.92 Å². The number of nitrogens with one attached hydrogen (secondary N) is 1. The summed E-state index contributed by atoms with van der Waals surface area (Å²) in [6.45, 7) is 5.47. The molecule has 0 amide bonds. The second-order valence-corrected chi connectivity index (χ2v) is 7.85. The van der Waals surface area contributed by atoms with Crippen LogP contribution in [0.2, 0.25) is 0 Å². The van der Waals surface area contributed by atoms with Crippen LogP contribution in [0.5, 0.6) is 0 Å². The SMILES string of the molecule is CC(C)c1nc(-c2cccs2)sc1CNC1CCCC1. The molecule has 0 unspecified atom stereocenters. The van der Waals surface area contributed by atoms with Crippen molar-refractivity contribution in [2.45, 2.75) is 58.0 Å². The van der Waals surface area contributed by atoms with Crippen LogP contribution in [0, 0.1) is 0 Å². The molecule has 4 heteroatoms. The Balaban J connectivity index is 1.77. The summed E-state index contributed by atoms with van der Waals surface area (Å²) in [7, 11) is 0. The molecule has 1 N–H and O–H groups in total. The zero-order chi connectivity index (χ0) is 13.9. The van der Waals surface area contributed by atoms with Gasteiger partial charge in [-0.3, -0.25) is 0 Å². The van der Waals surface area contributed by atoms with Gasteiger partial charge in [0.1, 0.15) is 5.01 Å². The van der Waals surface area contributed by atoms with Crippen LogP contribution in [0.1, 0.15) is 56.0 Å². The normalized spacial score (nSPS) is 16.4. The van der Waals surface area contributed by atoms with Crippen molar-refractivity contribution in [3.63, 3.8) is 0 Å². The summed E-state index contributed by atoms with van der Waals surface area (Å²) in [6.07, 6.45) is 5.46. The molecule has 1 aliphatic carbocycles. The van der Waals surface area contributed by atoms with Gasteiger partial charge in [-0.05, 0) is 30.2 Å². The lowest BCUT2D eigenvalue weighted by molar-refractivity contribution is 0.524. The van der Waals surface area contributed by atoms with Crippen LogP contribution in [0.25, 0.3) is 9.88 Å². The Kier molecular flexibility index (Phi) is 4.54. The number of nitrogens with zero attached hydrogens (tertiary/aromatic N) is 1. The molecule has 108 valence electrons. The van der Waals surface area contributed by atoms with Gasteiger partial charge >= 0.3 is 0 Å². The molecule has 0 atom stereocenters. The van der Waals surface area contributed by atoms with Gasteiger partial charge in [0, 0.05) is 17.5 Å². The second kappa shape index (κ2) is 6.37. The van der Waals surface area contributed by atoms with E-state index in [-0.39, 0.29) is 0 Å². The largest absolute Gasteiger partial charge is 0.309 e. The van der Waals surface area contributed by atoms with Crippen LogP contribution >= 0.6 is 22.7 Å². The Morgan fingerprint density at radius 2 is 2.15 bits per heavy atom. The minimum absolute atomic E-state index is 0.500. The van der Waals surface area contributed by atoms with Crippen molar-refractivity contribution in [2.24, 2.45) is 0 Å². The van der Waals surface area contributed by atoms with Crippen molar-refractivity contribution in [1.29, 1.82) is 0 Å². The third-order valence-electron chi connectivity index (χ3n) is 3.91. The van der Waals surface area contributed by atoms with E-state index in [0.717, 1.165) is 12.6 Å². The Morgan fingerprint density at radius 3 is 2.80 bits per heavy atom. The van der Waals surface area contributed by atoms with E-state index in [1.807, 2.05) is 11.3 Å². The Hall–Kier alpha value is -0.710. The molecule has 2 aromatic rings. The predicted molar refractivity (Wildman–Crippen MR) is 88.6 cm³/mol. The molecule has 20 heavy (non-hydrogen) atoms. The Morgan fingerprint density at radius 1 is 1.35 bits per heavy atom. The lowest BCUT2D eigenvalue weighted by Crippen LogP contribution is -2.25. The fraction of sp³-hybridized carbons (Fsp3) is 0.562. The van der Waals surface area contributed by atoms with Gasteiger partial charge in [0.05, 0.1) is 10.6 Å². The van der Waals surface area contributed by atoms with Crippen molar-refractivity contribution in [2.75, 3.05) is 0 Å². The summed E-state index contributed by atoms with van der Waals surface area (Å²) in [4.78, 5) is 7.61. The minimum Gasteiger partial charge on any atom is -0.309 e. The van der Waals surface area contributed by atoms with Crippen molar-refractivity contribution in [1.82, 2.24) is 10.3 Å². The molecule has 0 spiro atoms. The van der Waals surface area contributed by atoms with Crippen molar-refractivity contribution < 1.29 is 0 Å².